The van der Waals surface area contributed by atoms with Gasteiger partial charge in [0.1, 0.15) is 5.82 Å². The van der Waals surface area contributed by atoms with Gasteiger partial charge in [0, 0.05) is 22.6 Å². The van der Waals surface area contributed by atoms with E-state index < -0.39 is 0 Å². The summed E-state index contributed by atoms with van der Waals surface area (Å²) in [7, 11) is 0. The van der Waals surface area contributed by atoms with Gasteiger partial charge in [-0.2, -0.15) is 0 Å². The minimum absolute atomic E-state index is 0.00956. The van der Waals surface area contributed by atoms with Crippen molar-refractivity contribution in [2.75, 3.05) is 13.2 Å². The smallest absolute Gasteiger partial charge is 0.128 e. The van der Waals surface area contributed by atoms with E-state index in [-0.39, 0.29) is 11.9 Å². The highest BCUT2D eigenvalue weighted by molar-refractivity contribution is 9.10. The van der Waals surface area contributed by atoms with Gasteiger partial charge in [-0.25, -0.2) is 4.39 Å². The summed E-state index contributed by atoms with van der Waals surface area (Å²) in [4.78, 5) is 0. The fourth-order valence-electron chi connectivity index (χ4n) is 2.51. The molecule has 0 saturated heterocycles. The van der Waals surface area contributed by atoms with E-state index in [4.69, 9.17) is 4.74 Å². The SMILES string of the molecule is CC(NCCOC1CCCC1)c1cc(Br)ccc1F. The quantitative estimate of drug-likeness (QED) is 0.790. The monoisotopic (exact) mass is 329 g/mol. The van der Waals surface area contributed by atoms with Crippen molar-refractivity contribution in [1.82, 2.24) is 5.32 Å². The van der Waals surface area contributed by atoms with Crippen LogP contribution in [0.1, 0.15) is 44.2 Å². The topological polar surface area (TPSA) is 21.3 Å². The number of nitrogens with one attached hydrogen (secondary N) is 1. The molecule has 2 nitrogen and oxygen atoms in total. The van der Waals surface area contributed by atoms with E-state index in [1.807, 2.05) is 13.0 Å². The van der Waals surface area contributed by atoms with Crippen molar-refractivity contribution in [3.05, 3.63) is 34.1 Å². The molecule has 0 spiro atoms. The average Bonchev–Trinajstić information content (AvgIpc) is 2.90. The molecule has 0 aliphatic heterocycles. The Morgan fingerprint density at radius 3 is 2.89 bits per heavy atom. The molecule has 4 heteroatoms. The second kappa shape index (κ2) is 7.36. The van der Waals surface area contributed by atoms with Crippen LogP contribution in [0.3, 0.4) is 0 Å². The van der Waals surface area contributed by atoms with Gasteiger partial charge >= 0.3 is 0 Å². The van der Waals surface area contributed by atoms with Crippen molar-refractivity contribution in [1.29, 1.82) is 0 Å². The Balaban J connectivity index is 1.74. The van der Waals surface area contributed by atoms with Crippen LogP contribution in [0.15, 0.2) is 22.7 Å². The molecule has 1 fully saturated rings. The summed E-state index contributed by atoms with van der Waals surface area (Å²) in [5.41, 5.74) is 0.690. The molecule has 1 aliphatic carbocycles. The molecule has 106 valence electrons. The maximum absolute atomic E-state index is 13.7. The van der Waals surface area contributed by atoms with Crippen LogP contribution in [-0.4, -0.2) is 19.3 Å². The Morgan fingerprint density at radius 1 is 1.42 bits per heavy atom. The number of rotatable bonds is 6. The van der Waals surface area contributed by atoms with E-state index in [9.17, 15) is 4.39 Å². The van der Waals surface area contributed by atoms with E-state index in [1.54, 1.807) is 6.07 Å². The third-order valence-corrected chi connectivity index (χ3v) is 4.13. The van der Waals surface area contributed by atoms with Crippen molar-refractivity contribution in [3.63, 3.8) is 0 Å². The molecule has 1 aromatic carbocycles. The highest BCUT2D eigenvalue weighted by Crippen LogP contribution is 2.22. The van der Waals surface area contributed by atoms with Crippen LogP contribution in [0, 0.1) is 5.82 Å². The van der Waals surface area contributed by atoms with Gasteiger partial charge in [0.15, 0.2) is 0 Å². The number of halogens is 2. The third-order valence-electron chi connectivity index (χ3n) is 3.63. The van der Waals surface area contributed by atoms with Gasteiger partial charge in [0.05, 0.1) is 12.7 Å². The molecule has 2 rings (SSSR count). The van der Waals surface area contributed by atoms with Crippen LogP contribution < -0.4 is 5.32 Å². The molecule has 1 unspecified atom stereocenters. The molecule has 0 heterocycles. The predicted molar refractivity (Wildman–Crippen MR) is 78.7 cm³/mol. The predicted octanol–water partition coefficient (Wildman–Crippen LogP) is 4.20. The van der Waals surface area contributed by atoms with Crippen molar-refractivity contribution in [2.24, 2.45) is 0 Å². The number of hydrogen-bond donors (Lipinski definition) is 1. The normalized spacial score (nSPS) is 17.8. The molecule has 1 aliphatic rings. The van der Waals surface area contributed by atoms with Gasteiger partial charge in [-0.15, -0.1) is 0 Å². The Labute approximate surface area is 122 Å². The molecule has 0 aromatic heterocycles. The Morgan fingerprint density at radius 2 is 2.16 bits per heavy atom. The molecule has 1 saturated carbocycles. The van der Waals surface area contributed by atoms with E-state index in [2.05, 4.69) is 21.2 Å². The first-order valence-electron chi connectivity index (χ1n) is 6.97. The Hall–Kier alpha value is -0.450. The van der Waals surface area contributed by atoms with Crippen LogP contribution >= 0.6 is 15.9 Å². The lowest BCUT2D eigenvalue weighted by Gasteiger charge is -2.17. The summed E-state index contributed by atoms with van der Waals surface area (Å²) in [6.07, 6.45) is 5.40. The summed E-state index contributed by atoms with van der Waals surface area (Å²) in [6, 6.07) is 5.02. The summed E-state index contributed by atoms with van der Waals surface area (Å²) in [6.45, 7) is 3.43. The molecule has 0 bridgehead atoms. The van der Waals surface area contributed by atoms with E-state index in [0.29, 0.717) is 18.3 Å². The fourth-order valence-corrected chi connectivity index (χ4v) is 2.89. The Kier molecular flexibility index (Phi) is 5.79. The van der Waals surface area contributed by atoms with Gasteiger partial charge in [-0.1, -0.05) is 28.8 Å². The molecule has 0 radical (unpaired) electrons. The highest BCUT2D eigenvalue weighted by Gasteiger charge is 2.15. The number of hydrogen-bond acceptors (Lipinski definition) is 2. The van der Waals surface area contributed by atoms with E-state index >= 15 is 0 Å². The van der Waals surface area contributed by atoms with E-state index in [0.717, 1.165) is 11.0 Å². The summed E-state index contributed by atoms with van der Waals surface area (Å²) < 4.78 is 20.4. The molecular formula is C15H21BrFNO. The molecular weight excluding hydrogens is 309 g/mol. The van der Waals surface area contributed by atoms with Crippen LogP contribution in [-0.2, 0) is 4.74 Å². The van der Waals surface area contributed by atoms with Crippen molar-refractivity contribution in [3.8, 4) is 0 Å². The third kappa shape index (κ3) is 4.55. The minimum Gasteiger partial charge on any atom is -0.377 e. The first kappa shape index (κ1) is 14.9. The lowest BCUT2D eigenvalue weighted by atomic mass is 10.1. The summed E-state index contributed by atoms with van der Waals surface area (Å²) in [5.74, 6) is -0.167. The average molecular weight is 330 g/mol. The maximum atomic E-state index is 13.7. The first-order chi connectivity index (χ1) is 9.16. The molecule has 1 N–H and O–H groups in total. The number of benzene rings is 1. The van der Waals surface area contributed by atoms with Gasteiger partial charge < -0.3 is 10.1 Å². The zero-order valence-corrected chi connectivity index (χ0v) is 12.9. The molecule has 0 amide bonds. The van der Waals surface area contributed by atoms with E-state index in [1.165, 1.54) is 31.7 Å². The van der Waals surface area contributed by atoms with Crippen LogP contribution in [0.4, 0.5) is 4.39 Å². The van der Waals surface area contributed by atoms with Gasteiger partial charge in [0.2, 0.25) is 0 Å². The highest BCUT2D eigenvalue weighted by atomic mass is 79.9. The zero-order valence-electron chi connectivity index (χ0n) is 11.3. The van der Waals surface area contributed by atoms with Crippen molar-refractivity contribution < 1.29 is 9.13 Å². The lowest BCUT2D eigenvalue weighted by Crippen LogP contribution is -2.25. The van der Waals surface area contributed by atoms with Gasteiger partial charge in [-0.05, 0) is 38.0 Å². The summed E-state index contributed by atoms with van der Waals surface area (Å²) in [5, 5.41) is 3.31. The first-order valence-corrected chi connectivity index (χ1v) is 7.76. The molecule has 19 heavy (non-hydrogen) atoms. The largest absolute Gasteiger partial charge is 0.377 e. The molecule has 1 atom stereocenters. The summed E-state index contributed by atoms with van der Waals surface area (Å²) >= 11 is 3.37. The number of ether oxygens (including phenoxy) is 1. The second-order valence-electron chi connectivity index (χ2n) is 5.12. The lowest BCUT2D eigenvalue weighted by molar-refractivity contribution is 0.0593. The van der Waals surface area contributed by atoms with Crippen LogP contribution in [0.25, 0.3) is 0 Å². The van der Waals surface area contributed by atoms with Crippen LogP contribution in [0.2, 0.25) is 0 Å². The van der Waals surface area contributed by atoms with Crippen molar-refractivity contribution >= 4 is 15.9 Å². The minimum atomic E-state index is -0.167. The zero-order chi connectivity index (χ0) is 13.7. The van der Waals surface area contributed by atoms with Crippen LogP contribution in [0.5, 0.6) is 0 Å². The van der Waals surface area contributed by atoms with Gasteiger partial charge in [0.25, 0.3) is 0 Å². The Bertz CT molecular complexity index is 407. The molecule has 1 aromatic rings. The van der Waals surface area contributed by atoms with Gasteiger partial charge in [-0.3, -0.25) is 0 Å². The fraction of sp³-hybridized carbons (Fsp3) is 0.600. The standard InChI is InChI=1S/C15H21BrFNO/c1-11(14-10-12(16)6-7-15(14)17)18-8-9-19-13-4-2-3-5-13/h6-7,10-11,13,18H,2-5,8-9H2,1H3. The van der Waals surface area contributed by atoms with Crippen molar-refractivity contribution in [2.45, 2.75) is 44.8 Å². The second-order valence-corrected chi connectivity index (χ2v) is 6.03. The maximum Gasteiger partial charge on any atom is 0.128 e.